The zero-order valence-electron chi connectivity index (χ0n) is 8.90. The maximum absolute atomic E-state index is 10.0. The summed E-state index contributed by atoms with van der Waals surface area (Å²) in [6.07, 6.45) is 2.13. The largest absolute Gasteiger partial charge is 0.388 e. The topological polar surface area (TPSA) is 20.2 Å². The Hall–Kier alpha value is -0.820. The molecule has 0 bridgehead atoms. The van der Waals surface area contributed by atoms with Gasteiger partial charge in [0.1, 0.15) is 0 Å². The van der Waals surface area contributed by atoms with E-state index in [0.717, 1.165) is 5.56 Å². The molecule has 3 unspecified atom stereocenters. The number of aliphatic hydroxyl groups is 1. The van der Waals surface area contributed by atoms with Gasteiger partial charge in [-0.15, -0.1) is 0 Å². The normalized spacial score (nSPS) is 30.4. The van der Waals surface area contributed by atoms with Crippen LogP contribution in [0.3, 0.4) is 0 Å². The lowest BCUT2D eigenvalue weighted by molar-refractivity contribution is 0.119. The van der Waals surface area contributed by atoms with E-state index in [1.165, 1.54) is 18.4 Å². The molecule has 1 aliphatic carbocycles. The summed E-state index contributed by atoms with van der Waals surface area (Å²) in [6.45, 7) is 4.37. The molecule has 0 radical (unpaired) electrons. The van der Waals surface area contributed by atoms with E-state index in [4.69, 9.17) is 0 Å². The standard InChI is InChI=1S/C13H18O/c1-3-6-10-9(2)13(14)12-8-5-4-7-11(10)12/h4-5,7-10,13-14H,3,6H2,1-2H3. The van der Waals surface area contributed by atoms with E-state index in [1.807, 2.05) is 6.07 Å². The van der Waals surface area contributed by atoms with Crippen molar-refractivity contribution in [2.75, 3.05) is 0 Å². The van der Waals surface area contributed by atoms with Crippen molar-refractivity contribution in [1.82, 2.24) is 0 Å². The van der Waals surface area contributed by atoms with Crippen LogP contribution < -0.4 is 0 Å². The molecule has 76 valence electrons. The summed E-state index contributed by atoms with van der Waals surface area (Å²) in [5, 5.41) is 10.0. The van der Waals surface area contributed by atoms with E-state index in [0.29, 0.717) is 11.8 Å². The third-order valence-electron chi connectivity index (χ3n) is 3.45. The number of hydrogen-bond acceptors (Lipinski definition) is 1. The molecule has 1 aromatic rings. The first-order chi connectivity index (χ1) is 6.75. The maximum Gasteiger partial charge on any atom is 0.0824 e. The summed E-state index contributed by atoms with van der Waals surface area (Å²) in [4.78, 5) is 0. The minimum atomic E-state index is -0.247. The van der Waals surface area contributed by atoms with Gasteiger partial charge in [0.2, 0.25) is 0 Å². The van der Waals surface area contributed by atoms with Gasteiger partial charge in [-0.3, -0.25) is 0 Å². The Morgan fingerprint density at radius 2 is 1.86 bits per heavy atom. The second-order valence-corrected chi connectivity index (χ2v) is 4.33. The first-order valence-electron chi connectivity index (χ1n) is 5.52. The fourth-order valence-electron chi connectivity index (χ4n) is 2.63. The average Bonchev–Trinajstić information content (AvgIpc) is 2.45. The summed E-state index contributed by atoms with van der Waals surface area (Å²) in [5.74, 6) is 0.943. The molecule has 0 saturated carbocycles. The highest BCUT2D eigenvalue weighted by molar-refractivity contribution is 5.38. The van der Waals surface area contributed by atoms with Gasteiger partial charge in [0.05, 0.1) is 6.10 Å². The predicted molar refractivity (Wildman–Crippen MR) is 58.2 cm³/mol. The zero-order valence-corrected chi connectivity index (χ0v) is 8.90. The molecule has 0 fully saturated rings. The van der Waals surface area contributed by atoms with E-state index in [9.17, 15) is 5.11 Å². The van der Waals surface area contributed by atoms with Gasteiger partial charge < -0.3 is 5.11 Å². The summed E-state index contributed by atoms with van der Waals surface area (Å²) < 4.78 is 0. The Balaban J connectivity index is 2.37. The van der Waals surface area contributed by atoms with Crippen molar-refractivity contribution in [1.29, 1.82) is 0 Å². The lowest BCUT2D eigenvalue weighted by Crippen LogP contribution is -2.07. The quantitative estimate of drug-likeness (QED) is 0.759. The molecule has 0 aromatic heterocycles. The Bertz CT molecular complexity index is 319. The number of rotatable bonds is 2. The molecular formula is C13H18O. The second-order valence-electron chi connectivity index (χ2n) is 4.33. The van der Waals surface area contributed by atoms with Crippen LogP contribution >= 0.6 is 0 Å². The SMILES string of the molecule is CCCC1c2ccccc2C(O)C1C. The molecule has 3 atom stereocenters. The van der Waals surface area contributed by atoms with Crippen LogP contribution in [0.4, 0.5) is 0 Å². The van der Waals surface area contributed by atoms with Crippen molar-refractivity contribution in [2.45, 2.75) is 38.7 Å². The summed E-state index contributed by atoms with van der Waals surface area (Å²) in [5.41, 5.74) is 2.52. The lowest BCUT2D eigenvalue weighted by Gasteiger charge is -2.17. The lowest BCUT2D eigenvalue weighted by atomic mass is 9.89. The van der Waals surface area contributed by atoms with Crippen LogP contribution in [0.15, 0.2) is 24.3 Å². The van der Waals surface area contributed by atoms with Crippen LogP contribution in [0.1, 0.15) is 49.8 Å². The fourth-order valence-corrected chi connectivity index (χ4v) is 2.63. The molecule has 1 aliphatic rings. The van der Waals surface area contributed by atoms with Crippen LogP contribution in [-0.2, 0) is 0 Å². The van der Waals surface area contributed by atoms with Gasteiger partial charge in [-0.05, 0) is 29.4 Å². The number of aliphatic hydroxyl groups excluding tert-OH is 1. The predicted octanol–water partition coefficient (Wildman–Crippen LogP) is 3.25. The molecule has 0 aliphatic heterocycles. The van der Waals surface area contributed by atoms with Crippen LogP contribution in [0.2, 0.25) is 0 Å². The second kappa shape index (κ2) is 3.74. The Labute approximate surface area is 85.8 Å². The van der Waals surface area contributed by atoms with Crippen molar-refractivity contribution < 1.29 is 5.11 Å². The van der Waals surface area contributed by atoms with E-state index in [-0.39, 0.29) is 6.10 Å². The highest BCUT2D eigenvalue weighted by atomic mass is 16.3. The number of fused-ring (bicyclic) bond motifs is 1. The molecular weight excluding hydrogens is 172 g/mol. The number of benzene rings is 1. The fraction of sp³-hybridized carbons (Fsp3) is 0.538. The maximum atomic E-state index is 10.0. The minimum Gasteiger partial charge on any atom is -0.388 e. The Morgan fingerprint density at radius 3 is 2.50 bits per heavy atom. The molecule has 0 spiro atoms. The van der Waals surface area contributed by atoms with Gasteiger partial charge in [-0.1, -0.05) is 44.5 Å². The van der Waals surface area contributed by atoms with Gasteiger partial charge in [0, 0.05) is 0 Å². The van der Waals surface area contributed by atoms with E-state index in [1.54, 1.807) is 0 Å². The van der Waals surface area contributed by atoms with Gasteiger partial charge in [0.15, 0.2) is 0 Å². The van der Waals surface area contributed by atoms with Gasteiger partial charge in [-0.25, -0.2) is 0 Å². The Kier molecular flexibility index (Phi) is 2.60. The van der Waals surface area contributed by atoms with Gasteiger partial charge in [0.25, 0.3) is 0 Å². The Morgan fingerprint density at radius 1 is 1.21 bits per heavy atom. The third-order valence-corrected chi connectivity index (χ3v) is 3.45. The molecule has 1 aromatic carbocycles. The molecule has 2 rings (SSSR count). The first-order valence-corrected chi connectivity index (χ1v) is 5.52. The monoisotopic (exact) mass is 190 g/mol. The van der Waals surface area contributed by atoms with Crippen molar-refractivity contribution >= 4 is 0 Å². The number of hydrogen-bond donors (Lipinski definition) is 1. The van der Waals surface area contributed by atoms with Gasteiger partial charge >= 0.3 is 0 Å². The molecule has 0 heterocycles. The van der Waals surface area contributed by atoms with E-state index >= 15 is 0 Å². The van der Waals surface area contributed by atoms with Crippen molar-refractivity contribution in [3.63, 3.8) is 0 Å². The highest BCUT2D eigenvalue weighted by Crippen LogP contribution is 2.46. The first kappa shape index (κ1) is 9.72. The molecule has 1 heteroatoms. The van der Waals surface area contributed by atoms with E-state index in [2.05, 4.69) is 32.0 Å². The molecule has 14 heavy (non-hydrogen) atoms. The molecule has 1 N–H and O–H groups in total. The minimum absolute atomic E-state index is 0.247. The van der Waals surface area contributed by atoms with Crippen LogP contribution in [0.25, 0.3) is 0 Å². The summed E-state index contributed by atoms with van der Waals surface area (Å²) in [6, 6.07) is 8.32. The van der Waals surface area contributed by atoms with Crippen LogP contribution in [0.5, 0.6) is 0 Å². The summed E-state index contributed by atoms with van der Waals surface area (Å²) >= 11 is 0. The zero-order chi connectivity index (χ0) is 10.1. The van der Waals surface area contributed by atoms with Crippen molar-refractivity contribution in [3.8, 4) is 0 Å². The van der Waals surface area contributed by atoms with E-state index < -0.39 is 0 Å². The average molecular weight is 190 g/mol. The highest BCUT2D eigenvalue weighted by Gasteiger charge is 2.35. The van der Waals surface area contributed by atoms with Crippen molar-refractivity contribution in [3.05, 3.63) is 35.4 Å². The van der Waals surface area contributed by atoms with Gasteiger partial charge in [-0.2, -0.15) is 0 Å². The third kappa shape index (κ3) is 1.36. The van der Waals surface area contributed by atoms with Crippen LogP contribution in [0, 0.1) is 5.92 Å². The smallest absolute Gasteiger partial charge is 0.0824 e. The molecule has 0 saturated heterocycles. The molecule has 0 amide bonds. The van der Waals surface area contributed by atoms with Crippen LogP contribution in [-0.4, -0.2) is 5.11 Å². The summed E-state index contributed by atoms with van der Waals surface area (Å²) in [7, 11) is 0. The van der Waals surface area contributed by atoms with Crippen molar-refractivity contribution in [2.24, 2.45) is 5.92 Å². The molecule has 1 nitrogen and oxygen atoms in total.